The number of carbonyl (C=O) groups excluding carboxylic acids is 2. The number of ketones is 2. The molecule has 0 aliphatic carbocycles. The van der Waals surface area contributed by atoms with E-state index in [0.29, 0.717) is 41.6 Å². The summed E-state index contributed by atoms with van der Waals surface area (Å²) in [4.78, 5) is 26.0. The summed E-state index contributed by atoms with van der Waals surface area (Å²) in [5, 5.41) is 0. The van der Waals surface area contributed by atoms with Gasteiger partial charge in [-0.25, -0.2) is 0 Å². The normalized spacial score (nSPS) is 10.4. The SMILES string of the molecule is COc1cc(CCc2cc(OC)cc(C(=O)C(=O)c3ccc(OC)c(OC)c3)c2)cc(OC)c1. The third-order valence-electron chi connectivity index (χ3n) is 5.43. The van der Waals surface area contributed by atoms with Crippen molar-refractivity contribution in [2.45, 2.75) is 12.8 Å². The molecule has 7 heteroatoms. The van der Waals surface area contributed by atoms with Crippen LogP contribution in [0.1, 0.15) is 31.8 Å². The topological polar surface area (TPSA) is 80.3 Å². The van der Waals surface area contributed by atoms with Crippen LogP contribution in [-0.2, 0) is 12.8 Å². The van der Waals surface area contributed by atoms with Gasteiger partial charge >= 0.3 is 0 Å². The van der Waals surface area contributed by atoms with E-state index in [4.69, 9.17) is 23.7 Å². The molecule has 0 radical (unpaired) electrons. The van der Waals surface area contributed by atoms with Gasteiger partial charge in [-0.15, -0.1) is 0 Å². The Morgan fingerprint density at radius 3 is 1.56 bits per heavy atom. The number of benzene rings is 3. The lowest BCUT2D eigenvalue weighted by Crippen LogP contribution is -2.15. The molecule has 0 fully saturated rings. The molecule has 178 valence electrons. The van der Waals surface area contributed by atoms with Crippen molar-refractivity contribution in [3.8, 4) is 28.7 Å². The first kappa shape index (κ1) is 24.6. The summed E-state index contributed by atoms with van der Waals surface area (Å²) in [5.74, 6) is 1.50. The van der Waals surface area contributed by atoms with Gasteiger partial charge in [0.05, 0.1) is 35.5 Å². The van der Waals surface area contributed by atoms with Gasteiger partial charge in [0.1, 0.15) is 17.2 Å². The largest absolute Gasteiger partial charge is 0.497 e. The van der Waals surface area contributed by atoms with Crippen LogP contribution in [0.3, 0.4) is 0 Å². The van der Waals surface area contributed by atoms with E-state index in [1.807, 2.05) is 24.3 Å². The van der Waals surface area contributed by atoms with Gasteiger partial charge in [0.25, 0.3) is 0 Å². The lowest BCUT2D eigenvalue weighted by molar-refractivity contribution is 0.0816. The molecule has 3 aromatic rings. The molecule has 0 aromatic heterocycles. The lowest BCUT2D eigenvalue weighted by Gasteiger charge is -2.11. The average Bonchev–Trinajstić information content (AvgIpc) is 2.89. The van der Waals surface area contributed by atoms with Gasteiger partial charge < -0.3 is 23.7 Å². The highest BCUT2D eigenvalue weighted by Crippen LogP contribution is 2.29. The van der Waals surface area contributed by atoms with Crippen LogP contribution in [-0.4, -0.2) is 47.1 Å². The Balaban J connectivity index is 1.85. The van der Waals surface area contributed by atoms with Crippen LogP contribution in [0.5, 0.6) is 28.7 Å². The average molecular weight is 465 g/mol. The molecule has 0 saturated carbocycles. The minimum atomic E-state index is -0.641. The van der Waals surface area contributed by atoms with Crippen molar-refractivity contribution in [3.05, 3.63) is 76.9 Å². The second kappa shape index (κ2) is 11.2. The van der Waals surface area contributed by atoms with Gasteiger partial charge in [-0.2, -0.15) is 0 Å². The molecule has 0 spiro atoms. The zero-order valence-electron chi connectivity index (χ0n) is 20.0. The first-order valence-electron chi connectivity index (χ1n) is 10.6. The summed E-state index contributed by atoms with van der Waals surface area (Å²) in [6.45, 7) is 0. The smallest absolute Gasteiger partial charge is 0.233 e. The predicted molar refractivity (Wildman–Crippen MR) is 128 cm³/mol. The Bertz CT molecular complexity index is 1160. The lowest BCUT2D eigenvalue weighted by atomic mass is 9.97. The second-order valence-corrected chi connectivity index (χ2v) is 7.52. The third kappa shape index (κ3) is 5.67. The quantitative estimate of drug-likeness (QED) is 0.304. The summed E-state index contributed by atoms with van der Waals surface area (Å²) in [6.07, 6.45) is 1.30. The van der Waals surface area contributed by atoms with Gasteiger partial charge in [-0.1, -0.05) is 0 Å². The first-order chi connectivity index (χ1) is 16.4. The molecule has 0 N–H and O–H groups in total. The van der Waals surface area contributed by atoms with E-state index in [-0.39, 0.29) is 11.1 Å². The molecular formula is C27H28O7. The van der Waals surface area contributed by atoms with Crippen molar-refractivity contribution in [2.24, 2.45) is 0 Å². The van der Waals surface area contributed by atoms with Crippen LogP contribution < -0.4 is 23.7 Å². The first-order valence-corrected chi connectivity index (χ1v) is 10.6. The zero-order chi connectivity index (χ0) is 24.7. The third-order valence-corrected chi connectivity index (χ3v) is 5.43. The standard InChI is InChI=1S/C27H28O7/c1-30-21-11-17(6-7-18-12-22(31-2)16-23(13-18)32-3)10-20(14-21)27(29)26(28)19-8-9-24(33-4)25(15-19)34-5/h8-16H,6-7H2,1-5H3. The van der Waals surface area contributed by atoms with Crippen LogP contribution in [0.4, 0.5) is 0 Å². The minimum Gasteiger partial charge on any atom is -0.497 e. The molecule has 7 nitrogen and oxygen atoms in total. The van der Waals surface area contributed by atoms with Gasteiger partial charge in [0.2, 0.25) is 11.6 Å². The van der Waals surface area contributed by atoms with E-state index in [1.165, 1.54) is 27.4 Å². The van der Waals surface area contributed by atoms with Crippen molar-refractivity contribution in [2.75, 3.05) is 35.5 Å². The van der Waals surface area contributed by atoms with E-state index >= 15 is 0 Å². The fraction of sp³-hybridized carbons (Fsp3) is 0.259. The predicted octanol–water partition coefficient (Wildman–Crippen LogP) is 4.58. The fourth-order valence-electron chi connectivity index (χ4n) is 3.59. The van der Waals surface area contributed by atoms with Crippen LogP contribution in [0.2, 0.25) is 0 Å². The van der Waals surface area contributed by atoms with Gasteiger partial charge in [-0.05, 0) is 72.5 Å². The summed E-state index contributed by atoms with van der Waals surface area (Å²) >= 11 is 0. The number of methoxy groups -OCH3 is 5. The van der Waals surface area contributed by atoms with Gasteiger partial charge in [0.15, 0.2) is 11.5 Å². The highest BCUT2D eigenvalue weighted by atomic mass is 16.5. The van der Waals surface area contributed by atoms with E-state index in [1.54, 1.807) is 38.5 Å². The molecule has 0 saturated heterocycles. The number of hydrogen-bond donors (Lipinski definition) is 0. The Morgan fingerprint density at radius 1 is 0.529 bits per heavy atom. The van der Waals surface area contributed by atoms with Crippen LogP contribution >= 0.6 is 0 Å². The van der Waals surface area contributed by atoms with Crippen LogP contribution in [0, 0.1) is 0 Å². The van der Waals surface area contributed by atoms with Crippen molar-refractivity contribution in [1.82, 2.24) is 0 Å². The van der Waals surface area contributed by atoms with E-state index in [0.717, 1.165) is 11.1 Å². The Labute approximate surface area is 199 Å². The Morgan fingerprint density at radius 2 is 1.03 bits per heavy atom. The van der Waals surface area contributed by atoms with Gasteiger partial charge in [0, 0.05) is 17.2 Å². The second-order valence-electron chi connectivity index (χ2n) is 7.52. The highest BCUT2D eigenvalue weighted by Gasteiger charge is 2.21. The van der Waals surface area contributed by atoms with Crippen molar-refractivity contribution < 1.29 is 33.3 Å². The minimum absolute atomic E-state index is 0.218. The zero-order valence-corrected chi connectivity index (χ0v) is 20.0. The van der Waals surface area contributed by atoms with Crippen molar-refractivity contribution >= 4 is 11.6 Å². The molecule has 0 bridgehead atoms. The summed E-state index contributed by atoms with van der Waals surface area (Å²) in [6, 6.07) is 15.5. The maximum Gasteiger partial charge on any atom is 0.233 e. The van der Waals surface area contributed by atoms with E-state index in [2.05, 4.69) is 0 Å². The molecule has 0 unspecified atom stereocenters. The number of carbonyl (C=O) groups is 2. The Kier molecular flexibility index (Phi) is 8.14. The molecule has 0 heterocycles. The Hall–Kier alpha value is -4.00. The maximum absolute atomic E-state index is 13.1. The molecular weight excluding hydrogens is 436 g/mol. The van der Waals surface area contributed by atoms with Crippen molar-refractivity contribution in [1.29, 1.82) is 0 Å². The van der Waals surface area contributed by atoms with E-state index < -0.39 is 11.6 Å². The summed E-state index contributed by atoms with van der Waals surface area (Å²) in [5.41, 5.74) is 2.37. The number of aryl methyl sites for hydroxylation is 2. The monoisotopic (exact) mass is 464 g/mol. The molecule has 0 aliphatic rings. The molecule has 34 heavy (non-hydrogen) atoms. The van der Waals surface area contributed by atoms with Gasteiger partial charge in [-0.3, -0.25) is 9.59 Å². The maximum atomic E-state index is 13.1. The number of rotatable bonds is 11. The summed E-state index contributed by atoms with van der Waals surface area (Å²) in [7, 11) is 7.71. The number of ether oxygens (including phenoxy) is 5. The summed E-state index contributed by atoms with van der Waals surface area (Å²) < 4.78 is 26.5. The van der Waals surface area contributed by atoms with Crippen LogP contribution in [0.15, 0.2) is 54.6 Å². The molecule has 0 atom stereocenters. The number of Topliss-reactive ketones (excluding diaryl/α,β-unsaturated/α-hetero) is 2. The molecule has 0 aliphatic heterocycles. The number of hydrogen-bond acceptors (Lipinski definition) is 7. The van der Waals surface area contributed by atoms with E-state index in [9.17, 15) is 9.59 Å². The molecule has 0 amide bonds. The van der Waals surface area contributed by atoms with Crippen molar-refractivity contribution in [3.63, 3.8) is 0 Å². The van der Waals surface area contributed by atoms with Crippen LogP contribution in [0.25, 0.3) is 0 Å². The highest BCUT2D eigenvalue weighted by molar-refractivity contribution is 6.49. The fourth-order valence-corrected chi connectivity index (χ4v) is 3.59. The molecule has 3 rings (SSSR count). The molecule has 3 aromatic carbocycles.